The van der Waals surface area contributed by atoms with Crippen LogP contribution in [0.3, 0.4) is 0 Å². The molecule has 0 radical (unpaired) electrons. The molecule has 0 bridgehead atoms. The Kier molecular flexibility index (Phi) is 2.29. The van der Waals surface area contributed by atoms with Crippen molar-refractivity contribution in [2.45, 2.75) is 6.92 Å². The van der Waals surface area contributed by atoms with Crippen LogP contribution in [0.5, 0.6) is 0 Å². The molecule has 0 saturated carbocycles. The SMILES string of the molecule is Cc1c(N=O)ncn1-c1ccc(F)cc1. The lowest BCUT2D eigenvalue weighted by Gasteiger charge is -2.03. The summed E-state index contributed by atoms with van der Waals surface area (Å²) in [6, 6.07) is 5.92. The van der Waals surface area contributed by atoms with Crippen molar-refractivity contribution in [2.24, 2.45) is 5.18 Å². The summed E-state index contributed by atoms with van der Waals surface area (Å²) in [7, 11) is 0. The minimum Gasteiger partial charge on any atom is -0.301 e. The van der Waals surface area contributed by atoms with Crippen LogP contribution in [0.1, 0.15) is 5.69 Å². The summed E-state index contributed by atoms with van der Waals surface area (Å²) >= 11 is 0. The number of hydrogen-bond donors (Lipinski definition) is 0. The molecule has 1 aromatic carbocycles. The molecule has 4 nitrogen and oxygen atoms in total. The van der Waals surface area contributed by atoms with Gasteiger partial charge in [-0.1, -0.05) is 0 Å². The molecule has 5 heteroatoms. The molecule has 0 amide bonds. The number of halogens is 1. The number of nitrogens with zero attached hydrogens (tertiary/aromatic N) is 3. The van der Waals surface area contributed by atoms with Crippen LogP contribution in [0.25, 0.3) is 5.69 Å². The molecule has 0 aliphatic carbocycles. The average Bonchev–Trinajstić information content (AvgIpc) is 2.61. The van der Waals surface area contributed by atoms with Gasteiger partial charge in [0.15, 0.2) is 0 Å². The Bertz CT molecular complexity index is 490. The molecule has 0 N–H and O–H groups in total. The summed E-state index contributed by atoms with van der Waals surface area (Å²) in [4.78, 5) is 14.2. The molecule has 1 heterocycles. The van der Waals surface area contributed by atoms with Crippen LogP contribution >= 0.6 is 0 Å². The number of imidazole rings is 1. The van der Waals surface area contributed by atoms with Crippen LogP contribution in [0.15, 0.2) is 35.8 Å². The van der Waals surface area contributed by atoms with Crippen LogP contribution in [-0.2, 0) is 0 Å². The van der Waals surface area contributed by atoms with E-state index in [1.165, 1.54) is 18.5 Å². The Morgan fingerprint density at radius 1 is 1.33 bits per heavy atom. The highest BCUT2D eigenvalue weighted by Crippen LogP contribution is 2.19. The zero-order valence-electron chi connectivity index (χ0n) is 8.01. The topological polar surface area (TPSA) is 47.2 Å². The second-order valence-electron chi connectivity index (χ2n) is 3.09. The number of nitroso groups, excluding NO2 is 1. The maximum Gasteiger partial charge on any atom is 0.217 e. The Morgan fingerprint density at radius 3 is 2.53 bits per heavy atom. The quantitative estimate of drug-likeness (QED) is 0.707. The summed E-state index contributed by atoms with van der Waals surface area (Å²) in [6.07, 6.45) is 1.49. The van der Waals surface area contributed by atoms with Gasteiger partial charge in [-0.15, -0.1) is 4.91 Å². The molecule has 76 valence electrons. The molecule has 0 aliphatic heterocycles. The van der Waals surface area contributed by atoms with Crippen LogP contribution in [0, 0.1) is 17.6 Å². The molecule has 0 saturated heterocycles. The molecule has 0 atom stereocenters. The van der Waals surface area contributed by atoms with Crippen molar-refractivity contribution >= 4 is 5.82 Å². The van der Waals surface area contributed by atoms with Gasteiger partial charge in [-0.05, 0) is 36.4 Å². The van der Waals surface area contributed by atoms with Crippen LogP contribution < -0.4 is 0 Å². The van der Waals surface area contributed by atoms with Crippen LogP contribution in [0.2, 0.25) is 0 Å². The molecule has 0 fully saturated rings. The van der Waals surface area contributed by atoms with E-state index in [4.69, 9.17) is 0 Å². The molecular weight excluding hydrogens is 197 g/mol. The zero-order chi connectivity index (χ0) is 10.8. The fourth-order valence-electron chi connectivity index (χ4n) is 1.35. The Hall–Kier alpha value is -2.04. The molecular formula is C10H8FN3O. The third-order valence-corrected chi connectivity index (χ3v) is 2.17. The van der Waals surface area contributed by atoms with E-state index < -0.39 is 0 Å². The summed E-state index contributed by atoms with van der Waals surface area (Å²) in [5, 5.41) is 2.78. The predicted octanol–water partition coefficient (Wildman–Crippen LogP) is 2.72. The van der Waals surface area contributed by atoms with Gasteiger partial charge in [-0.25, -0.2) is 9.37 Å². The van der Waals surface area contributed by atoms with Crippen molar-refractivity contribution < 1.29 is 4.39 Å². The lowest BCUT2D eigenvalue weighted by atomic mass is 10.3. The zero-order valence-corrected chi connectivity index (χ0v) is 8.01. The molecule has 0 unspecified atom stereocenters. The molecule has 2 aromatic rings. The number of hydrogen-bond acceptors (Lipinski definition) is 3. The van der Waals surface area contributed by atoms with Gasteiger partial charge in [0, 0.05) is 5.69 Å². The lowest BCUT2D eigenvalue weighted by Crippen LogP contribution is -1.94. The highest BCUT2D eigenvalue weighted by Gasteiger charge is 2.07. The van der Waals surface area contributed by atoms with E-state index in [1.807, 2.05) is 0 Å². The first-order chi connectivity index (χ1) is 7.22. The van der Waals surface area contributed by atoms with E-state index in [1.54, 1.807) is 23.6 Å². The van der Waals surface area contributed by atoms with Crippen molar-refractivity contribution in [2.75, 3.05) is 0 Å². The second-order valence-corrected chi connectivity index (χ2v) is 3.09. The van der Waals surface area contributed by atoms with Crippen molar-refractivity contribution in [1.29, 1.82) is 0 Å². The number of benzene rings is 1. The maximum absolute atomic E-state index is 12.7. The van der Waals surface area contributed by atoms with Crippen molar-refractivity contribution in [3.63, 3.8) is 0 Å². The third kappa shape index (κ3) is 1.63. The van der Waals surface area contributed by atoms with Crippen LogP contribution in [0.4, 0.5) is 10.2 Å². The largest absolute Gasteiger partial charge is 0.301 e. The first-order valence-corrected chi connectivity index (χ1v) is 4.35. The van der Waals surface area contributed by atoms with E-state index in [0.717, 1.165) is 5.69 Å². The van der Waals surface area contributed by atoms with Gasteiger partial charge in [0.1, 0.15) is 12.1 Å². The monoisotopic (exact) mass is 205 g/mol. The van der Waals surface area contributed by atoms with E-state index in [0.29, 0.717) is 5.69 Å². The fraction of sp³-hybridized carbons (Fsp3) is 0.100. The molecule has 0 aliphatic rings. The van der Waals surface area contributed by atoms with Gasteiger partial charge in [-0.3, -0.25) is 0 Å². The van der Waals surface area contributed by atoms with Crippen molar-refractivity contribution in [1.82, 2.24) is 9.55 Å². The average molecular weight is 205 g/mol. The standard InChI is InChI=1S/C10H8FN3O/c1-7-10(13-15)12-6-14(7)9-4-2-8(11)3-5-9/h2-6H,1H3. The van der Waals surface area contributed by atoms with Gasteiger partial charge >= 0.3 is 0 Å². The smallest absolute Gasteiger partial charge is 0.217 e. The van der Waals surface area contributed by atoms with Gasteiger partial charge in [0.2, 0.25) is 5.82 Å². The summed E-state index contributed by atoms with van der Waals surface area (Å²) < 4.78 is 14.4. The molecule has 0 spiro atoms. The Balaban J connectivity index is 2.49. The van der Waals surface area contributed by atoms with E-state index in [9.17, 15) is 9.30 Å². The first-order valence-electron chi connectivity index (χ1n) is 4.35. The first kappa shape index (κ1) is 9.51. The minimum absolute atomic E-state index is 0.152. The Morgan fingerprint density at radius 2 is 2.00 bits per heavy atom. The lowest BCUT2D eigenvalue weighted by molar-refractivity contribution is 0.627. The Labute approximate surface area is 85.4 Å². The third-order valence-electron chi connectivity index (χ3n) is 2.17. The number of rotatable bonds is 2. The summed E-state index contributed by atoms with van der Waals surface area (Å²) in [5.41, 5.74) is 1.38. The van der Waals surface area contributed by atoms with Gasteiger partial charge in [-0.2, -0.15) is 0 Å². The second kappa shape index (κ2) is 3.61. The number of aromatic nitrogens is 2. The molecule has 1 aromatic heterocycles. The van der Waals surface area contributed by atoms with Gasteiger partial charge < -0.3 is 4.57 Å². The van der Waals surface area contributed by atoms with E-state index >= 15 is 0 Å². The van der Waals surface area contributed by atoms with Crippen LogP contribution in [-0.4, -0.2) is 9.55 Å². The van der Waals surface area contributed by atoms with Crippen molar-refractivity contribution in [3.8, 4) is 5.69 Å². The van der Waals surface area contributed by atoms with E-state index in [2.05, 4.69) is 10.2 Å². The van der Waals surface area contributed by atoms with Crippen molar-refractivity contribution in [3.05, 3.63) is 47.0 Å². The van der Waals surface area contributed by atoms with Gasteiger partial charge in [0.25, 0.3) is 0 Å². The fourth-order valence-corrected chi connectivity index (χ4v) is 1.35. The summed E-state index contributed by atoms with van der Waals surface area (Å²) in [6.45, 7) is 1.73. The molecule has 15 heavy (non-hydrogen) atoms. The maximum atomic E-state index is 12.7. The summed E-state index contributed by atoms with van der Waals surface area (Å²) in [5.74, 6) is -0.149. The highest BCUT2D eigenvalue weighted by molar-refractivity contribution is 5.41. The molecule has 2 rings (SSSR count). The normalized spacial score (nSPS) is 10.3. The predicted molar refractivity (Wildman–Crippen MR) is 53.7 cm³/mol. The highest BCUT2D eigenvalue weighted by atomic mass is 19.1. The van der Waals surface area contributed by atoms with E-state index in [-0.39, 0.29) is 11.6 Å². The van der Waals surface area contributed by atoms with Gasteiger partial charge in [0.05, 0.1) is 5.69 Å². The minimum atomic E-state index is -0.301.